The van der Waals surface area contributed by atoms with Crippen molar-refractivity contribution in [1.29, 1.82) is 5.26 Å². The van der Waals surface area contributed by atoms with Gasteiger partial charge in [0.15, 0.2) is 0 Å². The zero-order valence-corrected chi connectivity index (χ0v) is 14.5. The molecule has 0 bridgehead atoms. The molecule has 1 spiro atoms. The molecule has 0 radical (unpaired) electrons. The third kappa shape index (κ3) is 3.12. The van der Waals surface area contributed by atoms with Crippen molar-refractivity contribution in [3.05, 3.63) is 35.4 Å². The minimum Gasteiger partial charge on any atom is -0.383 e. The standard InChI is InChI=1S/C19H23N3O3/c1-25-12-11-21-9-3-7-19(18(21)24)8-4-10-22(19)17(23)16-6-2-5-15(13-16)14-20/h2,5-6,13H,3-4,7-12H2,1H3. The molecule has 6 nitrogen and oxygen atoms in total. The number of carbonyl (C=O) groups is 2. The van der Waals surface area contributed by atoms with Gasteiger partial charge < -0.3 is 14.5 Å². The van der Waals surface area contributed by atoms with Crippen molar-refractivity contribution in [1.82, 2.24) is 9.80 Å². The van der Waals surface area contributed by atoms with Gasteiger partial charge in [0.1, 0.15) is 5.54 Å². The van der Waals surface area contributed by atoms with Crippen LogP contribution in [-0.4, -0.2) is 60.5 Å². The third-order valence-electron chi connectivity index (χ3n) is 5.24. The topological polar surface area (TPSA) is 73.6 Å². The summed E-state index contributed by atoms with van der Waals surface area (Å²) in [5, 5.41) is 9.06. The van der Waals surface area contributed by atoms with E-state index in [0.717, 1.165) is 19.4 Å². The van der Waals surface area contributed by atoms with Gasteiger partial charge in [0.2, 0.25) is 5.91 Å². The molecule has 0 aliphatic carbocycles. The van der Waals surface area contributed by atoms with E-state index < -0.39 is 5.54 Å². The molecular weight excluding hydrogens is 318 g/mol. The summed E-state index contributed by atoms with van der Waals surface area (Å²) in [5.74, 6) is -0.116. The fourth-order valence-electron chi connectivity index (χ4n) is 4.01. The lowest BCUT2D eigenvalue weighted by Crippen LogP contribution is -2.61. The van der Waals surface area contributed by atoms with Crippen LogP contribution in [0.5, 0.6) is 0 Å². The van der Waals surface area contributed by atoms with Crippen LogP contribution in [0.1, 0.15) is 41.6 Å². The molecule has 2 aliphatic heterocycles. The van der Waals surface area contributed by atoms with Crippen molar-refractivity contribution in [2.24, 2.45) is 0 Å². The lowest BCUT2D eigenvalue weighted by Gasteiger charge is -2.44. The SMILES string of the molecule is COCCN1CCCC2(CCCN2C(=O)c2cccc(C#N)c2)C1=O. The van der Waals surface area contributed by atoms with E-state index in [4.69, 9.17) is 10.00 Å². The Morgan fingerprint density at radius 1 is 1.32 bits per heavy atom. The monoisotopic (exact) mass is 341 g/mol. The lowest BCUT2D eigenvalue weighted by atomic mass is 9.85. The molecule has 1 unspecified atom stereocenters. The number of hydrogen-bond acceptors (Lipinski definition) is 4. The van der Waals surface area contributed by atoms with Crippen LogP contribution in [0.25, 0.3) is 0 Å². The Labute approximate surface area is 148 Å². The van der Waals surface area contributed by atoms with Crippen LogP contribution in [-0.2, 0) is 9.53 Å². The van der Waals surface area contributed by atoms with E-state index in [2.05, 4.69) is 6.07 Å². The molecule has 2 saturated heterocycles. The van der Waals surface area contributed by atoms with Crippen LogP contribution in [0, 0.1) is 11.3 Å². The van der Waals surface area contributed by atoms with E-state index in [1.54, 1.807) is 36.3 Å². The highest BCUT2D eigenvalue weighted by molar-refractivity contribution is 6.00. The van der Waals surface area contributed by atoms with Gasteiger partial charge in [-0.15, -0.1) is 0 Å². The first kappa shape index (κ1) is 17.4. The quantitative estimate of drug-likeness (QED) is 0.837. The number of amides is 2. The van der Waals surface area contributed by atoms with Crippen LogP contribution in [0.2, 0.25) is 0 Å². The molecule has 0 aromatic heterocycles. The molecule has 2 fully saturated rings. The number of nitriles is 1. The van der Waals surface area contributed by atoms with E-state index >= 15 is 0 Å². The molecule has 2 amide bonds. The maximum absolute atomic E-state index is 13.1. The Morgan fingerprint density at radius 2 is 2.08 bits per heavy atom. The number of carbonyl (C=O) groups excluding carboxylic acids is 2. The van der Waals surface area contributed by atoms with Crippen LogP contribution in [0.15, 0.2) is 24.3 Å². The van der Waals surface area contributed by atoms with Crippen molar-refractivity contribution in [3.63, 3.8) is 0 Å². The molecule has 25 heavy (non-hydrogen) atoms. The normalized spacial score (nSPS) is 23.1. The second-order valence-electron chi connectivity index (χ2n) is 6.67. The van der Waals surface area contributed by atoms with Gasteiger partial charge in [0.05, 0.1) is 18.2 Å². The highest BCUT2D eigenvalue weighted by atomic mass is 16.5. The number of likely N-dealkylation sites (tertiary alicyclic amines) is 2. The molecule has 2 heterocycles. The van der Waals surface area contributed by atoms with Crippen molar-refractivity contribution in [2.45, 2.75) is 31.2 Å². The maximum Gasteiger partial charge on any atom is 0.254 e. The molecule has 3 rings (SSSR count). The molecule has 1 aromatic carbocycles. The fraction of sp³-hybridized carbons (Fsp3) is 0.526. The van der Waals surface area contributed by atoms with Gasteiger partial charge in [-0.1, -0.05) is 6.07 Å². The summed E-state index contributed by atoms with van der Waals surface area (Å²) in [6, 6.07) is 8.76. The first-order chi connectivity index (χ1) is 12.1. The smallest absolute Gasteiger partial charge is 0.254 e. The summed E-state index contributed by atoms with van der Waals surface area (Å²) in [4.78, 5) is 29.8. The average molecular weight is 341 g/mol. The van der Waals surface area contributed by atoms with E-state index in [1.807, 2.05) is 4.90 Å². The molecule has 6 heteroatoms. The molecule has 1 aromatic rings. The van der Waals surface area contributed by atoms with Crippen molar-refractivity contribution < 1.29 is 14.3 Å². The largest absolute Gasteiger partial charge is 0.383 e. The number of ether oxygens (including phenoxy) is 1. The number of piperidine rings is 1. The van der Waals surface area contributed by atoms with Gasteiger partial charge in [-0.2, -0.15) is 5.26 Å². The third-order valence-corrected chi connectivity index (χ3v) is 5.24. The van der Waals surface area contributed by atoms with Crippen LogP contribution in [0.3, 0.4) is 0 Å². The Hall–Kier alpha value is -2.39. The summed E-state index contributed by atoms with van der Waals surface area (Å²) in [7, 11) is 1.62. The molecule has 1 atom stereocenters. The molecule has 132 valence electrons. The first-order valence-electron chi connectivity index (χ1n) is 8.73. The predicted octanol–water partition coefficient (Wildman–Crippen LogP) is 1.80. The number of nitrogens with zero attached hydrogens (tertiary/aromatic N) is 3. The van der Waals surface area contributed by atoms with Gasteiger partial charge in [-0.05, 0) is 43.9 Å². The highest BCUT2D eigenvalue weighted by Crippen LogP contribution is 2.39. The average Bonchev–Trinajstić information content (AvgIpc) is 3.07. The summed E-state index contributed by atoms with van der Waals surface area (Å²) in [6.45, 7) is 2.36. The molecule has 0 saturated carbocycles. The summed E-state index contributed by atoms with van der Waals surface area (Å²) >= 11 is 0. The molecule has 0 N–H and O–H groups in total. The number of hydrogen-bond donors (Lipinski definition) is 0. The van der Waals surface area contributed by atoms with Crippen molar-refractivity contribution in [2.75, 3.05) is 33.4 Å². The Kier molecular flexibility index (Phi) is 5.05. The van der Waals surface area contributed by atoms with Crippen molar-refractivity contribution in [3.8, 4) is 6.07 Å². The van der Waals surface area contributed by atoms with E-state index in [9.17, 15) is 9.59 Å². The second kappa shape index (κ2) is 7.24. The van der Waals surface area contributed by atoms with Crippen LogP contribution < -0.4 is 0 Å². The van der Waals surface area contributed by atoms with Crippen LogP contribution in [0.4, 0.5) is 0 Å². The van der Waals surface area contributed by atoms with E-state index in [-0.39, 0.29) is 11.8 Å². The number of rotatable bonds is 4. The first-order valence-corrected chi connectivity index (χ1v) is 8.73. The van der Waals surface area contributed by atoms with Gasteiger partial charge in [-0.3, -0.25) is 9.59 Å². The summed E-state index contributed by atoms with van der Waals surface area (Å²) in [6.07, 6.45) is 3.13. The summed E-state index contributed by atoms with van der Waals surface area (Å²) < 4.78 is 5.11. The number of benzene rings is 1. The second-order valence-corrected chi connectivity index (χ2v) is 6.67. The zero-order valence-electron chi connectivity index (χ0n) is 14.5. The minimum absolute atomic E-state index is 0.0399. The number of methoxy groups -OCH3 is 1. The van der Waals surface area contributed by atoms with E-state index in [1.165, 1.54) is 0 Å². The Bertz CT molecular complexity index is 712. The van der Waals surface area contributed by atoms with Crippen LogP contribution >= 0.6 is 0 Å². The molecule has 2 aliphatic rings. The van der Waals surface area contributed by atoms with Gasteiger partial charge in [-0.25, -0.2) is 0 Å². The summed E-state index contributed by atoms with van der Waals surface area (Å²) in [5.41, 5.74) is 0.198. The van der Waals surface area contributed by atoms with Crippen molar-refractivity contribution >= 4 is 11.8 Å². The van der Waals surface area contributed by atoms with Gasteiger partial charge >= 0.3 is 0 Å². The van der Waals surface area contributed by atoms with Gasteiger partial charge in [0, 0.05) is 32.3 Å². The Morgan fingerprint density at radius 3 is 2.80 bits per heavy atom. The van der Waals surface area contributed by atoms with Gasteiger partial charge in [0.25, 0.3) is 5.91 Å². The Balaban J connectivity index is 1.87. The van der Waals surface area contributed by atoms with E-state index in [0.29, 0.717) is 43.7 Å². The fourth-order valence-corrected chi connectivity index (χ4v) is 4.01. The maximum atomic E-state index is 13.1. The molecular formula is C19H23N3O3. The zero-order chi connectivity index (χ0) is 17.9. The lowest BCUT2D eigenvalue weighted by molar-refractivity contribution is -0.146. The predicted molar refractivity (Wildman–Crippen MR) is 91.8 cm³/mol. The minimum atomic E-state index is -0.730. The highest BCUT2D eigenvalue weighted by Gasteiger charge is 2.52.